The minimum absolute atomic E-state index is 0.150. The molecule has 0 atom stereocenters. The summed E-state index contributed by atoms with van der Waals surface area (Å²) in [5.41, 5.74) is 12.4. The van der Waals surface area contributed by atoms with Gasteiger partial charge in [-0.3, -0.25) is 9.36 Å². The number of amides is 2. The van der Waals surface area contributed by atoms with Crippen molar-refractivity contribution in [3.8, 4) is 5.75 Å². The molecule has 2 amide bonds. The van der Waals surface area contributed by atoms with Gasteiger partial charge in [0.15, 0.2) is 0 Å². The number of benzene rings is 1. The highest BCUT2D eigenvalue weighted by molar-refractivity contribution is 6.01. The van der Waals surface area contributed by atoms with Crippen LogP contribution in [0.25, 0.3) is 10.9 Å². The second-order valence-corrected chi connectivity index (χ2v) is 8.64. The van der Waals surface area contributed by atoms with Gasteiger partial charge in [-0.2, -0.15) is 0 Å². The Bertz CT molecular complexity index is 903. The molecule has 0 bridgehead atoms. The molecule has 4 rings (SSSR count). The summed E-state index contributed by atoms with van der Waals surface area (Å²) >= 11 is 0. The monoisotopic (exact) mass is 397 g/mol. The molecular formula is C23H31N3O3. The third-order valence-electron chi connectivity index (χ3n) is 6.82. The molecular weight excluding hydrogens is 366 g/mol. The average molecular weight is 398 g/mol. The number of carbonyl (C=O) groups is 2. The van der Waals surface area contributed by atoms with Crippen LogP contribution in [-0.2, 0) is 10.2 Å². The normalized spacial score (nSPS) is 20.3. The van der Waals surface area contributed by atoms with Crippen LogP contribution < -0.4 is 16.2 Å². The van der Waals surface area contributed by atoms with Crippen molar-refractivity contribution in [3.05, 3.63) is 30.0 Å². The first kappa shape index (κ1) is 19.8. The van der Waals surface area contributed by atoms with Gasteiger partial charge in [-0.15, -0.1) is 0 Å². The minimum atomic E-state index is -0.765. The van der Waals surface area contributed by atoms with Gasteiger partial charge < -0.3 is 16.2 Å². The average Bonchev–Trinajstić information content (AvgIpc) is 2.94. The van der Waals surface area contributed by atoms with Gasteiger partial charge >= 0.3 is 6.03 Å². The summed E-state index contributed by atoms with van der Waals surface area (Å²) in [5.74, 6) is 0.342. The number of hydrogen-bond donors (Lipinski definition) is 2. The number of hydrogen-bond acceptors (Lipinski definition) is 3. The van der Waals surface area contributed by atoms with Crippen molar-refractivity contribution < 1.29 is 14.3 Å². The van der Waals surface area contributed by atoms with E-state index in [4.69, 9.17) is 16.2 Å². The number of primary amides is 2. The quantitative estimate of drug-likeness (QED) is 0.750. The van der Waals surface area contributed by atoms with E-state index in [-0.39, 0.29) is 12.0 Å². The Morgan fingerprint density at radius 1 is 0.966 bits per heavy atom. The molecule has 0 radical (unpaired) electrons. The fourth-order valence-electron chi connectivity index (χ4n) is 5.24. The van der Waals surface area contributed by atoms with Gasteiger partial charge in [0.2, 0.25) is 5.91 Å². The third kappa shape index (κ3) is 3.61. The van der Waals surface area contributed by atoms with Crippen LogP contribution in [0, 0.1) is 0 Å². The molecule has 1 aromatic carbocycles. The van der Waals surface area contributed by atoms with Crippen LogP contribution in [0.5, 0.6) is 5.75 Å². The number of aromatic nitrogens is 1. The maximum Gasteiger partial charge on any atom is 0.323 e. The molecule has 0 saturated heterocycles. The molecule has 2 aliphatic rings. The molecule has 0 aliphatic heterocycles. The molecule has 29 heavy (non-hydrogen) atoms. The smallest absolute Gasteiger partial charge is 0.323 e. The maximum atomic E-state index is 12.7. The minimum Gasteiger partial charge on any atom is -0.488 e. The lowest BCUT2D eigenvalue weighted by atomic mass is 9.73. The molecule has 6 nitrogen and oxygen atoms in total. The predicted molar refractivity (Wildman–Crippen MR) is 113 cm³/mol. The van der Waals surface area contributed by atoms with E-state index < -0.39 is 11.4 Å². The summed E-state index contributed by atoms with van der Waals surface area (Å²) in [5, 5.41) is 0.845. The molecule has 0 spiro atoms. The van der Waals surface area contributed by atoms with E-state index in [1.54, 1.807) is 6.20 Å². The summed E-state index contributed by atoms with van der Waals surface area (Å²) in [6.07, 6.45) is 13.0. The molecule has 1 heterocycles. The van der Waals surface area contributed by atoms with Crippen LogP contribution >= 0.6 is 0 Å². The third-order valence-corrected chi connectivity index (χ3v) is 6.82. The van der Waals surface area contributed by atoms with Crippen molar-refractivity contribution in [2.45, 2.75) is 82.1 Å². The number of nitrogens with zero attached hydrogens (tertiary/aromatic N) is 1. The van der Waals surface area contributed by atoms with Crippen LogP contribution in [-0.4, -0.2) is 22.6 Å². The van der Waals surface area contributed by atoms with Gasteiger partial charge in [0, 0.05) is 11.6 Å². The zero-order chi connectivity index (χ0) is 20.4. The largest absolute Gasteiger partial charge is 0.488 e. The lowest BCUT2D eigenvalue weighted by Gasteiger charge is -2.29. The van der Waals surface area contributed by atoms with Crippen molar-refractivity contribution in [2.75, 3.05) is 0 Å². The molecule has 156 valence electrons. The first-order valence-electron chi connectivity index (χ1n) is 10.9. The number of fused-ring (bicyclic) bond motifs is 1. The first-order chi connectivity index (χ1) is 14.0. The van der Waals surface area contributed by atoms with E-state index in [0.29, 0.717) is 24.1 Å². The standard InChI is InChI=1S/C23H31N3O3/c24-21(27)23(13-6-1-2-7-14-23)18-15-26(22(25)28)20-17(18)11-8-12-19(20)29-16-9-4-3-5-10-16/h8,11-12,15-16H,1-7,9-10,13-14H2,(H2,24,27)(H2,25,28). The highest BCUT2D eigenvalue weighted by Gasteiger charge is 2.41. The maximum absolute atomic E-state index is 12.7. The molecule has 2 saturated carbocycles. The topological polar surface area (TPSA) is 100 Å². The highest BCUT2D eigenvalue weighted by Crippen LogP contribution is 2.44. The Kier molecular flexibility index (Phi) is 5.52. The van der Waals surface area contributed by atoms with Gasteiger partial charge in [-0.05, 0) is 50.2 Å². The van der Waals surface area contributed by atoms with E-state index in [1.807, 2.05) is 18.2 Å². The lowest BCUT2D eigenvalue weighted by molar-refractivity contribution is -0.124. The Morgan fingerprint density at radius 2 is 1.62 bits per heavy atom. The Labute approximate surface area is 171 Å². The van der Waals surface area contributed by atoms with Crippen molar-refractivity contribution in [3.63, 3.8) is 0 Å². The van der Waals surface area contributed by atoms with Gasteiger partial charge in [0.05, 0.1) is 17.0 Å². The Hall–Kier alpha value is -2.50. The van der Waals surface area contributed by atoms with Gasteiger partial charge in [0.1, 0.15) is 5.75 Å². The van der Waals surface area contributed by atoms with Crippen molar-refractivity contribution in [1.82, 2.24) is 4.57 Å². The van der Waals surface area contributed by atoms with E-state index in [1.165, 1.54) is 11.0 Å². The van der Waals surface area contributed by atoms with Crippen LogP contribution in [0.4, 0.5) is 4.79 Å². The number of ether oxygens (including phenoxy) is 1. The van der Waals surface area contributed by atoms with Crippen molar-refractivity contribution >= 4 is 22.8 Å². The number of nitrogens with two attached hydrogens (primary N) is 2. The molecule has 2 aromatic rings. The number of rotatable bonds is 4. The summed E-state index contributed by atoms with van der Waals surface area (Å²) < 4.78 is 7.78. The summed E-state index contributed by atoms with van der Waals surface area (Å²) in [7, 11) is 0. The molecule has 0 unspecified atom stereocenters. The van der Waals surface area contributed by atoms with Gasteiger partial charge in [0.25, 0.3) is 0 Å². The summed E-state index contributed by atoms with van der Waals surface area (Å²) in [4.78, 5) is 25.0. The van der Waals surface area contributed by atoms with Crippen LogP contribution in [0.2, 0.25) is 0 Å². The van der Waals surface area contributed by atoms with Crippen LogP contribution in [0.3, 0.4) is 0 Å². The van der Waals surface area contributed by atoms with Crippen LogP contribution in [0.15, 0.2) is 24.4 Å². The van der Waals surface area contributed by atoms with E-state index in [2.05, 4.69) is 0 Å². The Morgan fingerprint density at radius 3 is 2.24 bits per heavy atom. The second kappa shape index (κ2) is 8.09. The van der Waals surface area contributed by atoms with Crippen molar-refractivity contribution in [1.29, 1.82) is 0 Å². The summed E-state index contributed by atoms with van der Waals surface area (Å²) in [6.45, 7) is 0. The molecule has 2 aliphatic carbocycles. The SMILES string of the molecule is NC(=O)n1cc(C2(C(N)=O)CCCCCC2)c2cccc(OC3CCCCC3)c21. The predicted octanol–water partition coefficient (Wildman–Crippen LogP) is 4.36. The first-order valence-corrected chi connectivity index (χ1v) is 10.9. The lowest BCUT2D eigenvalue weighted by Crippen LogP contribution is -2.40. The number of carbonyl (C=O) groups excluding carboxylic acids is 2. The Balaban J connectivity index is 1.86. The fraction of sp³-hybridized carbons (Fsp3) is 0.565. The van der Waals surface area contributed by atoms with E-state index in [9.17, 15) is 9.59 Å². The molecule has 6 heteroatoms. The van der Waals surface area contributed by atoms with Crippen molar-refractivity contribution in [2.24, 2.45) is 11.5 Å². The zero-order valence-electron chi connectivity index (χ0n) is 17.0. The summed E-state index contributed by atoms with van der Waals surface area (Å²) in [6, 6.07) is 5.20. The second-order valence-electron chi connectivity index (χ2n) is 8.64. The van der Waals surface area contributed by atoms with E-state index >= 15 is 0 Å². The van der Waals surface area contributed by atoms with Gasteiger partial charge in [-0.1, -0.05) is 44.2 Å². The zero-order valence-corrected chi connectivity index (χ0v) is 17.0. The molecule has 1 aromatic heterocycles. The highest BCUT2D eigenvalue weighted by atomic mass is 16.5. The number of para-hydroxylation sites is 1. The van der Waals surface area contributed by atoms with Crippen LogP contribution in [0.1, 0.15) is 76.2 Å². The molecule has 2 fully saturated rings. The van der Waals surface area contributed by atoms with E-state index in [0.717, 1.165) is 62.3 Å². The van der Waals surface area contributed by atoms with Gasteiger partial charge in [-0.25, -0.2) is 4.79 Å². The fourth-order valence-corrected chi connectivity index (χ4v) is 5.24. The molecule has 4 N–H and O–H groups in total.